The van der Waals surface area contributed by atoms with Crippen molar-refractivity contribution < 1.29 is 4.79 Å². The van der Waals surface area contributed by atoms with E-state index in [1.165, 1.54) is 0 Å². The van der Waals surface area contributed by atoms with Gasteiger partial charge in [-0.25, -0.2) is 4.79 Å². The van der Waals surface area contributed by atoms with E-state index in [-0.39, 0.29) is 12.1 Å². The van der Waals surface area contributed by atoms with Gasteiger partial charge in [-0.2, -0.15) is 0 Å². The van der Waals surface area contributed by atoms with Gasteiger partial charge in [-0.1, -0.05) is 58.0 Å². The van der Waals surface area contributed by atoms with Crippen molar-refractivity contribution in [2.75, 3.05) is 34.2 Å². The first-order valence-electron chi connectivity index (χ1n) is 8.79. The van der Waals surface area contributed by atoms with E-state index in [1.807, 2.05) is 44.2 Å². The van der Waals surface area contributed by atoms with Crippen molar-refractivity contribution in [3.05, 3.63) is 35.9 Å². The van der Waals surface area contributed by atoms with Crippen LogP contribution in [0.15, 0.2) is 30.3 Å². The van der Waals surface area contributed by atoms with Crippen molar-refractivity contribution in [2.24, 2.45) is 16.7 Å². The van der Waals surface area contributed by atoms with E-state index in [1.54, 1.807) is 0 Å². The minimum Gasteiger partial charge on any atom is -0.338 e. The van der Waals surface area contributed by atoms with E-state index in [0.29, 0.717) is 16.7 Å². The highest BCUT2D eigenvalue weighted by molar-refractivity contribution is 5.74. The van der Waals surface area contributed by atoms with Crippen LogP contribution in [0.25, 0.3) is 0 Å². The Balaban J connectivity index is 2.01. The first-order chi connectivity index (χ1) is 11.1. The average Bonchev–Trinajstić information content (AvgIpc) is 2.91. The summed E-state index contributed by atoms with van der Waals surface area (Å²) in [5.41, 5.74) is 1.75. The summed E-state index contributed by atoms with van der Waals surface area (Å²) in [6.45, 7) is 10.7. The van der Waals surface area contributed by atoms with Gasteiger partial charge < -0.3 is 15.1 Å². The lowest BCUT2D eigenvalue weighted by Crippen LogP contribution is -2.43. The number of benzene rings is 1. The number of carbonyl (C=O) groups excluding carboxylic acids is 1. The number of hydrogen-bond donors (Lipinski definition) is 1. The van der Waals surface area contributed by atoms with Crippen molar-refractivity contribution >= 4 is 6.03 Å². The lowest BCUT2D eigenvalue weighted by molar-refractivity contribution is 0.175. The van der Waals surface area contributed by atoms with Gasteiger partial charge in [-0.3, -0.25) is 0 Å². The maximum Gasteiger partial charge on any atom is 0.317 e. The van der Waals surface area contributed by atoms with Gasteiger partial charge in [0.15, 0.2) is 0 Å². The van der Waals surface area contributed by atoms with E-state index < -0.39 is 0 Å². The summed E-state index contributed by atoms with van der Waals surface area (Å²) in [5.74, 6) is 0.534. The van der Waals surface area contributed by atoms with E-state index in [0.717, 1.165) is 18.7 Å². The fourth-order valence-electron chi connectivity index (χ4n) is 3.77. The number of rotatable bonds is 6. The number of nitrogens with one attached hydrogen (secondary N) is 1. The van der Waals surface area contributed by atoms with Gasteiger partial charge in [-0.15, -0.1) is 0 Å². The molecule has 1 aliphatic rings. The Labute approximate surface area is 147 Å². The lowest BCUT2D eigenvalue weighted by atomic mass is 10.0. The molecule has 24 heavy (non-hydrogen) atoms. The summed E-state index contributed by atoms with van der Waals surface area (Å²) in [6.07, 6.45) is 0. The molecule has 0 unspecified atom stereocenters. The topological polar surface area (TPSA) is 35.6 Å². The second-order valence-electron chi connectivity index (χ2n) is 8.48. The molecule has 0 heterocycles. The molecule has 1 aromatic carbocycles. The van der Waals surface area contributed by atoms with Crippen LogP contribution in [0.2, 0.25) is 0 Å². The molecule has 2 rings (SSSR count). The monoisotopic (exact) mass is 331 g/mol. The first kappa shape index (κ1) is 18.8. The third-order valence-electron chi connectivity index (χ3n) is 6.29. The molecule has 1 atom stereocenters. The summed E-state index contributed by atoms with van der Waals surface area (Å²) in [6, 6.07) is 10.3. The maximum atomic E-state index is 12.7. The minimum atomic E-state index is 0.00389. The third kappa shape index (κ3) is 3.59. The molecule has 4 nitrogen and oxygen atoms in total. The summed E-state index contributed by atoms with van der Waals surface area (Å²) < 4.78 is 0. The van der Waals surface area contributed by atoms with Crippen molar-refractivity contribution in [3.8, 4) is 0 Å². The molecule has 0 bridgehead atoms. The molecule has 134 valence electrons. The molecule has 1 aromatic rings. The number of amides is 2. The van der Waals surface area contributed by atoms with Crippen LogP contribution >= 0.6 is 0 Å². The highest BCUT2D eigenvalue weighted by atomic mass is 16.2. The highest BCUT2D eigenvalue weighted by Crippen LogP contribution is 2.67. The first-order valence-corrected chi connectivity index (χ1v) is 8.79. The second kappa shape index (κ2) is 6.75. The van der Waals surface area contributed by atoms with Gasteiger partial charge in [0.05, 0.1) is 6.04 Å². The molecular weight excluding hydrogens is 298 g/mol. The van der Waals surface area contributed by atoms with Crippen LogP contribution < -0.4 is 5.32 Å². The second-order valence-corrected chi connectivity index (χ2v) is 8.48. The van der Waals surface area contributed by atoms with Gasteiger partial charge in [-0.05, 0) is 36.4 Å². The Hall–Kier alpha value is -1.55. The Kier molecular flexibility index (Phi) is 5.28. The summed E-state index contributed by atoms with van der Waals surface area (Å²) in [5, 5.41) is 3.15. The lowest BCUT2D eigenvalue weighted by Gasteiger charge is -2.31. The third-order valence-corrected chi connectivity index (χ3v) is 6.29. The summed E-state index contributed by atoms with van der Waals surface area (Å²) in [7, 11) is 5.97. The number of carbonyl (C=O) groups is 1. The molecule has 0 saturated heterocycles. The van der Waals surface area contributed by atoms with Crippen molar-refractivity contribution in [1.29, 1.82) is 0 Å². The molecule has 0 spiro atoms. The molecule has 1 fully saturated rings. The Morgan fingerprint density at radius 2 is 1.62 bits per heavy atom. The largest absolute Gasteiger partial charge is 0.338 e. The zero-order valence-corrected chi connectivity index (χ0v) is 16.3. The van der Waals surface area contributed by atoms with Crippen molar-refractivity contribution in [3.63, 3.8) is 0 Å². The molecule has 1 aliphatic carbocycles. The molecule has 0 aliphatic heterocycles. The molecule has 1 saturated carbocycles. The molecule has 4 heteroatoms. The van der Waals surface area contributed by atoms with Crippen LogP contribution in [0.5, 0.6) is 0 Å². The predicted octanol–water partition coefficient (Wildman–Crippen LogP) is 3.61. The van der Waals surface area contributed by atoms with Crippen LogP contribution in [0.4, 0.5) is 4.79 Å². The van der Waals surface area contributed by atoms with Crippen LogP contribution in [0, 0.1) is 16.7 Å². The highest BCUT2D eigenvalue weighted by Gasteiger charge is 2.64. The van der Waals surface area contributed by atoms with Crippen LogP contribution in [-0.4, -0.2) is 50.1 Å². The predicted molar refractivity (Wildman–Crippen MR) is 100.0 cm³/mol. The van der Waals surface area contributed by atoms with Crippen LogP contribution in [0.1, 0.15) is 39.3 Å². The Bertz CT molecular complexity index is 552. The van der Waals surface area contributed by atoms with E-state index in [4.69, 9.17) is 0 Å². The van der Waals surface area contributed by atoms with Crippen molar-refractivity contribution in [1.82, 2.24) is 15.1 Å². The fraction of sp³-hybridized carbons (Fsp3) is 0.650. The molecule has 2 amide bonds. The zero-order valence-electron chi connectivity index (χ0n) is 16.3. The quantitative estimate of drug-likeness (QED) is 0.864. The standard InChI is InChI=1S/C20H33N3O/c1-19(2)17(20(19,3)4)13-21-18(24)23(7)16(14-22(5)6)15-11-9-8-10-12-15/h8-12,16-17H,13-14H2,1-7H3,(H,21,24)/t16-/m1/s1. The van der Waals surface area contributed by atoms with Gasteiger partial charge in [0, 0.05) is 20.1 Å². The number of nitrogens with zero attached hydrogens (tertiary/aromatic N) is 2. The number of likely N-dealkylation sites (N-methyl/N-ethyl adjacent to an activating group) is 2. The molecule has 0 aromatic heterocycles. The summed E-state index contributed by atoms with van der Waals surface area (Å²) >= 11 is 0. The van der Waals surface area contributed by atoms with Crippen molar-refractivity contribution in [2.45, 2.75) is 33.7 Å². The number of hydrogen-bond acceptors (Lipinski definition) is 2. The van der Waals surface area contributed by atoms with Gasteiger partial charge >= 0.3 is 6.03 Å². The fourth-order valence-corrected chi connectivity index (χ4v) is 3.77. The van der Waals surface area contributed by atoms with Gasteiger partial charge in [0.1, 0.15) is 0 Å². The Morgan fingerprint density at radius 3 is 2.08 bits per heavy atom. The zero-order chi connectivity index (χ0) is 18.1. The normalized spacial score (nSPS) is 19.8. The molecular formula is C20H33N3O. The van der Waals surface area contributed by atoms with E-state index in [9.17, 15) is 4.79 Å². The molecule has 1 N–H and O–H groups in total. The maximum absolute atomic E-state index is 12.7. The van der Waals surface area contributed by atoms with Gasteiger partial charge in [0.2, 0.25) is 0 Å². The smallest absolute Gasteiger partial charge is 0.317 e. The number of urea groups is 1. The van der Waals surface area contributed by atoms with Crippen LogP contribution in [0.3, 0.4) is 0 Å². The summed E-state index contributed by atoms with van der Waals surface area (Å²) in [4.78, 5) is 16.6. The van der Waals surface area contributed by atoms with E-state index in [2.05, 4.69) is 50.0 Å². The minimum absolute atomic E-state index is 0.00389. The van der Waals surface area contributed by atoms with Gasteiger partial charge in [0.25, 0.3) is 0 Å². The SMILES string of the molecule is CN(C)C[C@H](c1ccccc1)N(C)C(=O)NCC1C(C)(C)C1(C)C. The van der Waals surface area contributed by atoms with Crippen LogP contribution in [-0.2, 0) is 0 Å². The van der Waals surface area contributed by atoms with E-state index >= 15 is 0 Å². The average molecular weight is 332 g/mol. The Morgan fingerprint density at radius 1 is 1.08 bits per heavy atom. The molecule has 0 radical (unpaired) electrons.